The van der Waals surface area contributed by atoms with Gasteiger partial charge in [-0.15, -0.1) is 0 Å². The summed E-state index contributed by atoms with van der Waals surface area (Å²) in [6.07, 6.45) is -4.38. The Labute approximate surface area is 219 Å². The highest BCUT2D eigenvalue weighted by molar-refractivity contribution is 5.82. The van der Waals surface area contributed by atoms with Crippen LogP contribution in [0.15, 0.2) is 72.8 Å². The molecule has 0 bridgehead atoms. The molecule has 5 nitrogen and oxygen atoms in total. The van der Waals surface area contributed by atoms with Gasteiger partial charge in [0.25, 0.3) is 0 Å². The second-order valence-corrected chi connectivity index (χ2v) is 8.34. The van der Waals surface area contributed by atoms with Crippen molar-refractivity contribution in [1.82, 2.24) is 10.6 Å². The molecule has 0 saturated carbocycles. The van der Waals surface area contributed by atoms with Crippen LogP contribution in [0.2, 0.25) is 0 Å². The van der Waals surface area contributed by atoms with E-state index in [1.54, 1.807) is 30.3 Å². The Morgan fingerprint density at radius 2 is 1.38 bits per heavy atom. The lowest BCUT2D eigenvalue weighted by atomic mass is 9.87. The van der Waals surface area contributed by atoms with Crippen LogP contribution in [0.1, 0.15) is 40.6 Å². The van der Waals surface area contributed by atoms with Gasteiger partial charge in [-0.2, -0.15) is 30.7 Å². The van der Waals surface area contributed by atoms with Gasteiger partial charge in [-0.3, -0.25) is 4.79 Å². The fourth-order valence-corrected chi connectivity index (χ4v) is 4.08. The molecule has 0 aromatic heterocycles. The van der Waals surface area contributed by atoms with Crippen LogP contribution in [-0.2, 0) is 11.0 Å². The van der Waals surface area contributed by atoms with Crippen molar-refractivity contribution in [1.29, 1.82) is 0 Å². The lowest BCUT2D eigenvalue weighted by Gasteiger charge is -2.23. The van der Waals surface area contributed by atoms with Crippen molar-refractivity contribution >= 4 is 5.91 Å². The van der Waals surface area contributed by atoms with Crippen LogP contribution < -0.4 is 20.1 Å². The van der Waals surface area contributed by atoms with Gasteiger partial charge in [-0.05, 0) is 53.9 Å². The minimum Gasteiger partial charge on any atom is -0.431 e. The smallest absolute Gasteiger partial charge is 0.416 e. The second-order valence-electron chi connectivity index (χ2n) is 8.34. The molecule has 210 valence electrons. The van der Waals surface area contributed by atoms with Gasteiger partial charge in [-0.1, -0.05) is 48.5 Å². The maximum absolute atomic E-state index is 13.1. The Balaban J connectivity index is 1.95. The predicted molar refractivity (Wildman–Crippen MR) is 129 cm³/mol. The number of likely N-dealkylation sites (N-methyl/N-ethyl adjacent to an activating group) is 1. The van der Waals surface area contributed by atoms with Crippen LogP contribution in [0, 0.1) is 0 Å². The average Bonchev–Trinajstić information content (AvgIpc) is 2.89. The number of amides is 1. The summed E-state index contributed by atoms with van der Waals surface area (Å²) in [4.78, 5) is 12.5. The van der Waals surface area contributed by atoms with Crippen LogP contribution in [0.5, 0.6) is 11.5 Å². The highest BCUT2D eigenvalue weighted by atomic mass is 19.4. The molecule has 0 spiro atoms. The Kier molecular flexibility index (Phi) is 10.2. The molecule has 0 saturated heterocycles. The largest absolute Gasteiger partial charge is 0.431 e. The molecular formula is C27H25F7N2O3. The highest BCUT2D eigenvalue weighted by Crippen LogP contribution is 2.38. The summed E-state index contributed by atoms with van der Waals surface area (Å²) in [6.45, 7) is -6.48. The Morgan fingerprint density at radius 3 is 1.95 bits per heavy atom. The Bertz CT molecular complexity index is 1210. The topological polar surface area (TPSA) is 59.6 Å². The van der Waals surface area contributed by atoms with Crippen LogP contribution in [0.25, 0.3) is 0 Å². The van der Waals surface area contributed by atoms with E-state index in [0.717, 1.165) is 24.3 Å². The Morgan fingerprint density at radius 1 is 0.795 bits per heavy atom. The third-order valence-electron chi connectivity index (χ3n) is 5.87. The van der Waals surface area contributed by atoms with Gasteiger partial charge in [-0.25, -0.2) is 0 Å². The number of ether oxygens (including phenoxy) is 2. The quantitative estimate of drug-likeness (QED) is 0.249. The number of nitrogens with one attached hydrogen (secondary N) is 2. The summed E-state index contributed by atoms with van der Waals surface area (Å²) < 4.78 is 99.5. The zero-order valence-electron chi connectivity index (χ0n) is 20.5. The number of alkyl halides is 7. The predicted octanol–water partition coefficient (Wildman–Crippen LogP) is 6.51. The van der Waals surface area contributed by atoms with Gasteiger partial charge in [0.05, 0.1) is 5.56 Å². The van der Waals surface area contributed by atoms with Crippen LogP contribution >= 0.6 is 0 Å². The molecule has 0 aliphatic carbocycles. The fourth-order valence-electron chi connectivity index (χ4n) is 4.08. The SMILES string of the molecule is CNC(=O)[C@H](NCC[C@H](c1ccc(C(F)(F)F)cc1)c1ccc(OC(F)F)c(OC(F)F)c1)c1ccccc1. The van der Waals surface area contributed by atoms with Crippen molar-refractivity contribution < 1.29 is 45.0 Å². The number of carbonyl (C=O) groups is 1. The number of carbonyl (C=O) groups excluding carboxylic acids is 1. The zero-order valence-corrected chi connectivity index (χ0v) is 20.5. The van der Waals surface area contributed by atoms with E-state index in [1.807, 2.05) is 0 Å². The first-order chi connectivity index (χ1) is 18.5. The number of hydrogen-bond acceptors (Lipinski definition) is 4. The molecule has 0 unspecified atom stereocenters. The Hall–Kier alpha value is -3.80. The molecule has 1 amide bonds. The van der Waals surface area contributed by atoms with Gasteiger partial charge in [0, 0.05) is 13.0 Å². The first-order valence-corrected chi connectivity index (χ1v) is 11.7. The molecule has 0 radical (unpaired) electrons. The van der Waals surface area contributed by atoms with Crippen LogP contribution in [0.4, 0.5) is 30.7 Å². The van der Waals surface area contributed by atoms with Crippen molar-refractivity contribution in [3.05, 3.63) is 95.1 Å². The molecule has 0 heterocycles. The average molecular weight is 558 g/mol. The van der Waals surface area contributed by atoms with Crippen molar-refractivity contribution in [3.63, 3.8) is 0 Å². The van der Waals surface area contributed by atoms with Crippen LogP contribution in [0.3, 0.4) is 0 Å². The van der Waals surface area contributed by atoms with Crippen LogP contribution in [-0.4, -0.2) is 32.7 Å². The molecule has 0 aliphatic rings. The van der Waals surface area contributed by atoms with Gasteiger partial charge in [0.2, 0.25) is 5.91 Å². The van der Waals surface area contributed by atoms with Gasteiger partial charge in [0.15, 0.2) is 11.5 Å². The minimum atomic E-state index is -4.57. The van der Waals surface area contributed by atoms with E-state index in [9.17, 15) is 35.5 Å². The van der Waals surface area contributed by atoms with Gasteiger partial charge < -0.3 is 20.1 Å². The summed E-state index contributed by atoms with van der Waals surface area (Å²) >= 11 is 0. The minimum absolute atomic E-state index is 0.166. The molecular weight excluding hydrogens is 533 g/mol. The molecule has 2 atom stereocenters. The van der Waals surface area contributed by atoms with E-state index in [1.165, 1.54) is 25.2 Å². The van der Waals surface area contributed by atoms with Crippen molar-refractivity contribution in [2.75, 3.05) is 13.6 Å². The first kappa shape index (κ1) is 29.8. The fraction of sp³-hybridized carbons (Fsp3) is 0.296. The number of halogens is 7. The first-order valence-electron chi connectivity index (χ1n) is 11.7. The maximum Gasteiger partial charge on any atom is 0.416 e. The van der Waals surface area contributed by atoms with Gasteiger partial charge in [0.1, 0.15) is 6.04 Å². The van der Waals surface area contributed by atoms with E-state index in [4.69, 9.17) is 0 Å². The van der Waals surface area contributed by atoms with E-state index in [-0.39, 0.29) is 18.9 Å². The third-order valence-corrected chi connectivity index (χ3v) is 5.87. The lowest BCUT2D eigenvalue weighted by Crippen LogP contribution is -2.36. The summed E-state index contributed by atoms with van der Waals surface area (Å²) in [5, 5.41) is 5.67. The number of benzene rings is 3. The number of rotatable bonds is 12. The monoisotopic (exact) mass is 558 g/mol. The van der Waals surface area contributed by atoms with E-state index in [0.29, 0.717) is 16.7 Å². The summed E-state index contributed by atoms with van der Waals surface area (Å²) in [5.74, 6) is -2.29. The maximum atomic E-state index is 13.1. The summed E-state index contributed by atoms with van der Waals surface area (Å²) in [5.41, 5.74) is 0.481. The van der Waals surface area contributed by atoms with Crippen molar-refractivity contribution in [2.24, 2.45) is 0 Å². The molecule has 3 aromatic rings. The number of hydrogen-bond donors (Lipinski definition) is 2. The molecule has 3 aromatic carbocycles. The molecule has 12 heteroatoms. The molecule has 0 aliphatic heterocycles. The van der Waals surface area contributed by atoms with E-state index >= 15 is 0 Å². The van der Waals surface area contributed by atoms with Crippen molar-refractivity contribution in [3.8, 4) is 11.5 Å². The van der Waals surface area contributed by atoms with Crippen molar-refractivity contribution in [2.45, 2.75) is 37.8 Å². The van der Waals surface area contributed by atoms with E-state index < -0.39 is 48.4 Å². The highest BCUT2D eigenvalue weighted by Gasteiger charge is 2.30. The standard InChI is InChI=1S/C27H25F7N2O3/c1-35-24(37)23(17-5-3-2-4-6-17)36-14-13-20(16-7-10-19(11-8-16)27(32,33)34)18-9-12-21(38-25(28)29)22(15-18)39-26(30)31/h2-12,15,20,23,25-26,36H,13-14H2,1H3,(H,35,37)/t20-,23-/m1/s1. The van der Waals surface area contributed by atoms with Gasteiger partial charge >= 0.3 is 19.4 Å². The second kappa shape index (κ2) is 13.3. The molecule has 39 heavy (non-hydrogen) atoms. The zero-order chi connectivity index (χ0) is 28.6. The normalized spacial score (nSPS) is 13.3. The van der Waals surface area contributed by atoms with E-state index in [2.05, 4.69) is 20.1 Å². The lowest BCUT2D eigenvalue weighted by molar-refractivity contribution is -0.137. The molecule has 3 rings (SSSR count). The molecule has 0 fully saturated rings. The third kappa shape index (κ3) is 8.34. The summed E-state index contributed by atoms with van der Waals surface area (Å²) in [7, 11) is 1.47. The summed E-state index contributed by atoms with van der Waals surface area (Å²) in [6, 6.07) is 15.8. The molecule has 2 N–H and O–H groups in total.